The van der Waals surface area contributed by atoms with Crippen LogP contribution in [0.4, 0.5) is 23.7 Å². The van der Waals surface area contributed by atoms with Gasteiger partial charge in [-0.05, 0) is 56.3 Å². The Morgan fingerprint density at radius 3 is 2.26 bits per heavy atom. The molecule has 144 valence electrons. The van der Waals surface area contributed by atoms with Gasteiger partial charge in [-0.2, -0.15) is 13.2 Å². The summed E-state index contributed by atoms with van der Waals surface area (Å²) >= 11 is 0. The average molecular weight is 380 g/mol. The van der Waals surface area contributed by atoms with Crippen LogP contribution in [0.2, 0.25) is 0 Å². The Hall–Kier alpha value is -3.03. The Morgan fingerprint density at radius 1 is 1.07 bits per heavy atom. The first-order valence-electron chi connectivity index (χ1n) is 8.11. The molecular formula is C19H19F3N2O3. The monoisotopic (exact) mass is 380 g/mol. The number of urea groups is 1. The third kappa shape index (κ3) is 5.47. The van der Waals surface area contributed by atoms with Crippen LogP contribution in [0.1, 0.15) is 29.8 Å². The smallest absolute Gasteiger partial charge is 0.416 e. The minimum absolute atomic E-state index is 0.0207. The Morgan fingerprint density at radius 2 is 1.70 bits per heavy atom. The summed E-state index contributed by atoms with van der Waals surface area (Å²) in [5.74, 6) is -0.751. The quantitative estimate of drug-likeness (QED) is 0.629. The Bertz CT molecular complexity index is 818. The van der Waals surface area contributed by atoms with E-state index in [2.05, 4.69) is 5.32 Å². The molecule has 0 unspecified atom stereocenters. The number of carbonyl (C=O) groups excluding carboxylic acids is 2. The molecule has 0 spiro atoms. The molecule has 0 bridgehead atoms. The normalized spacial score (nSPS) is 11.2. The second kappa shape index (κ2) is 8.11. The van der Waals surface area contributed by atoms with Gasteiger partial charge in [0.05, 0.1) is 11.1 Å². The summed E-state index contributed by atoms with van der Waals surface area (Å²) in [6, 6.07) is 9.74. The molecule has 2 amide bonds. The van der Waals surface area contributed by atoms with Gasteiger partial charge in [0.1, 0.15) is 5.75 Å². The van der Waals surface area contributed by atoms with Gasteiger partial charge in [-0.1, -0.05) is 6.07 Å². The van der Waals surface area contributed by atoms with Crippen LogP contribution in [0.5, 0.6) is 5.75 Å². The van der Waals surface area contributed by atoms with Crippen molar-refractivity contribution in [1.82, 2.24) is 5.32 Å². The lowest BCUT2D eigenvalue weighted by atomic mass is 10.1. The van der Waals surface area contributed by atoms with E-state index >= 15 is 0 Å². The van der Waals surface area contributed by atoms with Gasteiger partial charge in [-0.3, -0.25) is 4.90 Å². The number of benzene rings is 2. The summed E-state index contributed by atoms with van der Waals surface area (Å²) < 4.78 is 43.3. The molecule has 0 fully saturated rings. The SMILES string of the molecule is CC(C)NC(=O)N(C)c1ccc(OC(=O)c2cccc(C(F)(F)F)c2)cc1. The standard InChI is InChI=1S/C19H19F3N2O3/c1-12(2)23-18(26)24(3)15-7-9-16(10-8-15)27-17(25)13-5-4-6-14(11-13)19(20,21)22/h4-12H,1-3H3,(H,23,26). The fourth-order valence-corrected chi connectivity index (χ4v) is 2.19. The second-order valence-corrected chi connectivity index (χ2v) is 6.13. The van der Waals surface area contributed by atoms with E-state index in [9.17, 15) is 22.8 Å². The van der Waals surface area contributed by atoms with Crippen molar-refractivity contribution in [3.05, 3.63) is 59.7 Å². The van der Waals surface area contributed by atoms with E-state index in [4.69, 9.17) is 4.74 Å². The van der Waals surface area contributed by atoms with Gasteiger partial charge >= 0.3 is 18.2 Å². The Kier molecular flexibility index (Phi) is 6.09. The van der Waals surface area contributed by atoms with Gasteiger partial charge in [0.15, 0.2) is 0 Å². The minimum atomic E-state index is -4.54. The summed E-state index contributed by atoms with van der Waals surface area (Å²) in [4.78, 5) is 25.4. The summed E-state index contributed by atoms with van der Waals surface area (Å²) in [5, 5.41) is 2.74. The number of alkyl halides is 3. The van der Waals surface area contributed by atoms with Crippen molar-refractivity contribution in [2.24, 2.45) is 0 Å². The van der Waals surface area contributed by atoms with Crippen LogP contribution in [0.25, 0.3) is 0 Å². The van der Waals surface area contributed by atoms with Gasteiger partial charge in [0.25, 0.3) is 0 Å². The summed E-state index contributed by atoms with van der Waals surface area (Å²) in [7, 11) is 1.58. The van der Waals surface area contributed by atoms with Crippen molar-refractivity contribution in [2.75, 3.05) is 11.9 Å². The lowest BCUT2D eigenvalue weighted by Gasteiger charge is -2.20. The molecule has 8 heteroatoms. The van der Waals surface area contributed by atoms with E-state index in [0.29, 0.717) is 5.69 Å². The predicted octanol–water partition coefficient (Wildman–Crippen LogP) is 4.48. The number of anilines is 1. The molecule has 0 heterocycles. The highest BCUT2D eigenvalue weighted by atomic mass is 19.4. The number of amides is 2. The second-order valence-electron chi connectivity index (χ2n) is 6.13. The van der Waals surface area contributed by atoms with E-state index < -0.39 is 17.7 Å². The first kappa shape index (κ1) is 20.3. The van der Waals surface area contributed by atoms with E-state index in [0.717, 1.165) is 18.2 Å². The number of hydrogen-bond acceptors (Lipinski definition) is 3. The van der Waals surface area contributed by atoms with Crippen molar-refractivity contribution in [3.63, 3.8) is 0 Å². The summed E-state index contributed by atoms with van der Waals surface area (Å²) in [6.07, 6.45) is -4.54. The molecule has 0 saturated carbocycles. The highest BCUT2D eigenvalue weighted by Crippen LogP contribution is 2.30. The molecule has 2 aromatic rings. The number of nitrogens with one attached hydrogen (secondary N) is 1. The maximum absolute atomic E-state index is 12.7. The molecule has 5 nitrogen and oxygen atoms in total. The molecule has 0 aliphatic rings. The summed E-state index contributed by atoms with van der Waals surface area (Å²) in [5.41, 5.74) is -0.570. The topological polar surface area (TPSA) is 58.6 Å². The highest BCUT2D eigenvalue weighted by Gasteiger charge is 2.31. The number of carbonyl (C=O) groups is 2. The Balaban J connectivity index is 2.08. The van der Waals surface area contributed by atoms with Crippen molar-refractivity contribution < 1.29 is 27.5 Å². The first-order valence-corrected chi connectivity index (χ1v) is 8.11. The van der Waals surface area contributed by atoms with E-state index in [1.165, 1.54) is 23.1 Å². The number of nitrogens with zero attached hydrogens (tertiary/aromatic N) is 1. The van der Waals surface area contributed by atoms with Crippen LogP contribution < -0.4 is 15.0 Å². The molecule has 0 aliphatic carbocycles. The molecule has 0 atom stereocenters. The van der Waals surface area contributed by atoms with Gasteiger partial charge in [-0.25, -0.2) is 9.59 Å². The average Bonchev–Trinajstić information content (AvgIpc) is 2.60. The molecule has 1 N–H and O–H groups in total. The number of ether oxygens (including phenoxy) is 1. The van der Waals surface area contributed by atoms with Crippen molar-refractivity contribution in [3.8, 4) is 5.75 Å². The fraction of sp³-hybridized carbons (Fsp3) is 0.263. The number of halogens is 3. The number of hydrogen-bond donors (Lipinski definition) is 1. The minimum Gasteiger partial charge on any atom is -0.423 e. The Labute approximate surface area is 154 Å². The van der Waals surface area contributed by atoms with Crippen LogP contribution in [0.15, 0.2) is 48.5 Å². The zero-order chi connectivity index (χ0) is 20.2. The predicted molar refractivity (Wildman–Crippen MR) is 94.9 cm³/mol. The van der Waals surface area contributed by atoms with Gasteiger partial charge < -0.3 is 10.1 Å². The zero-order valence-corrected chi connectivity index (χ0v) is 15.0. The van der Waals surface area contributed by atoms with Crippen LogP contribution in [0.3, 0.4) is 0 Å². The van der Waals surface area contributed by atoms with Crippen LogP contribution in [0, 0.1) is 0 Å². The lowest BCUT2D eigenvalue weighted by molar-refractivity contribution is -0.137. The van der Waals surface area contributed by atoms with Crippen molar-refractivity contribution in [2.45, 2.75) is 26.1 Å². The molecular weight excluding hydrogens is 361 g/mol. The largest absolute Gasteiger partial charge is 0.423 e. The molecule has 0 aromatic heterocycles. The third-order valence-corrected chi connectivity index (χ3v) is 3.58. The maximum Gasteiger partial charge on any atom is 0.416 e. The lowest BCUT2D eigenvalue weighted by Crippen LogP contribution is -2.40. The molecule has 27 heavy (non-hydrogen) atoms. The third-order valence-electron chi connectivity index (χ3n) is 3.58. The van der Waals surface area contributed by atoms with Crippen LogP contribution >= 0.6 is 0 Å². The fourth-order valence-electron chi connectivity index (χ4n) is 2.19. The molecule has 0 aliphatic heterocycles. The van der Waals surface area contributed by atoms with E-state index in [-0.39, 0.29) is 23.4 Å². The van der Waals surface area contributed by atoms with Crippen molar-refractivity contribution >= 4 is 17.7 Å². The van der Waals surface area contributed by atoms with Gasteiger partial charge in [-0.15, -0.1) is 0 Å². The molecule has 2 aromatic carbocycles. The van der Waals surface area contributed by atoms with Crippen LogP contribution in [-0.2, 0) is 6.18 Å². The zero-order valence-electron chi connectivity index (χ0n) is 15.0. The summed E-state index contributed by atoms with van der Waals surface area (Å²) in [6.45, 7) is 3.67. The number of esters is 1. The van der Waals surface area contributed by atoms with Gasteiger partial charge in [0, 0.05) is 18.8 Å². The highest BCUT2D eigenvalue weighted by molar-refractivity contribution is 5.92. The van der Waals surface area contributed by atoms with Crippen LogP contribution in [-0.4, -0.2) is 25.1 Å². The van der Waals surface area contributed by atoms with Gasteiger partial charge in [0.2, 0.25) is 0 Å². The van der Waals surface area contributed by atoms with Crippen molar-refractivity contribution in [1.29, 1.82) is 0 Å². The van der Waals surface area contributed by atoms with E-state index in [1.54, 1.807) is 19.2 Å². The maximum atomic E-state index is 12.7. The molecule has 0 radical (unpaired) electrons. The first-order chi connectivity index (χ1) is 12.6. The van der Waals surface area contributed by atoms with E-state index in [1.807, 2.05) is 13.8 Å². The molecule has 0 saturated heterocycles. The molecule has 2 rings (SSSR count). The number of rotatable bonds is 4.